The van der Waals surface area contributed by atoms with Crippen LogP contribution in [-0.4, -0.2) is 20.0 Å². The fraction of sp³-hybridized carbons (Fsp3) is 0.250. The number of H-pyrrole nitrogens is 1. The fourth-order valence-electron chi connectivity index (χ4n) is 1.70. The van der Waals surface area contributed by atoms with Gasteiger partial charge in [0.25, 0.3) is 5.69 Å². The summed E-state index contributed by atoms with van der Waals surface area (Å²) in [5.74, 6) is 0.510. The summed E-state index contributed by atoms with van der Waals surface area (Å²) in [6, 6.07) is 6.03. The summed E-state index contributed by atoms with van der Waals surface area (Å²) in [6.07, 6.45) is 1.61. The van der Waals surface area contributed by atoms with Gasteiger partial charge in [0.1, 0.15) is 5.82 Å². The lowest BCUT2D eigenvalue weighted by atomic mass is 10.2. The van der Waals surface area contributed by atoms with Gasteiger partial charge in [-0.2, -0.15) is 4.98 Å². The molecule has 0 aliphatic heterocycles. The van der Waals surface area contributed by atoms with Crippen LogP contribution >= 0.6 is 0 Å². The normalized spacial score (nSPS) is 10.5. The van der Waals surface area contributed by atoms with Crippen LogP contribution in [0.2, 0.25) is 0 Å². The summed E-state index contributed by atoms with van der Waals surface area (Å²) in [5.41, 5.74) is 1.42. The average molecular weight is 247 g/mol. The smallest absolute Gasteiger partial charge is 0.269 e. The van der Waals surface area contributed by atoms with Gasteiger partial charge in [-0.3, -0.25) is 10.1 Å². The van der Waals surface area contributed by atoms with Crippen LogP contribution in [0.15, 0.2) is 24.3 Å². The highest BCUT2D eigenvalue weighted by Gasteiger charge is 2.11. The highest BCUT2D eigenvalue weighted by Crippen LogP contribution is 2.24. The highest BCUT2D eigenvalue weighted by molar-refractivity contribution is 5.58. The zero-order valence-corrected chi connectivity index (χ0v) is 9.88. The maximum Gasteiger partial charge on any atom is 0.269 e. The molecule has 0 bridgehead atoms. The molecule has 0 aliphatic rings. The number of imidazole rings is 1. The minimum Gasteiger partial charge on any atom is -0.492 e. The van der Waals surface area contributed by atoms with Gasteiger partial charge in [-0.25, -0.2) is 0 Å². The maximum atomic E-state index is 10.5. The molecule has 1 aromatic heterocycles. The van der Waals surface area contributed by atoms with E-state index in [-0.39, 0.29) is 11.6 Å². The first kappa shape index (κ1) is 12.1. The molecule has 2 aromatic rings. The Morgan fingerprint density at radius 2 is 2.06 bits per heavy atom. The van der Waals surface area contributed by atoms with Gasteiger partial charge in [-0.1, -0.05) is 13.3 Å². The summed E-state index contributed by atoms with van der Waals surface area (Å²) in [4.78, 5) is 17.1. The van der Waals surface area contributed by atoms with Gasteiger partial charge in [0.15, 0.2) is 0 Å². The first-order valence-electron chi connectivity index (χ1n) is 5.64. The van der Waals surface area contributed by atoms with E-state index in [0.29, 0.717) is 23.5 Å². The zero-order valence-electron chi connectivity index (χ0n) is 9.88. The Balaban J connectivity index is 2.31. The molecule has 0 atom stereocenters. The van der Waals surface area contributed by atoms with Gasteiger partial charge in [0.05, 0.1) is 10.6 Å². The van der Waals surface area contributed by atoms with Crippen molar-refractivity contribution >= 4 is 5.69 Å². The van der Waals surface area contributed by atoms with Crippen molar-refractivity contribution in [3.05, 3.63) is 40.1 Å². The number of non-ortho nitro benzene ring substituents is 1. The van der Waals surface area contributed by atoms with Crippen molar-refractivity contribution in [2.24, 2.45) is 0 Å². The molecule has 1 heterocycles. The predicted octanol–water partition coefficient (Wildman–Crippen LogP) is 2.64. The SMILES string of the molecule is CCCc1[nH]c(-c2ccc([N+](=O)[O-])cc2)nc1O. The summed E-state index contributed by atoms with van der Waals surface area (Å²) in [5, 5.41) is 20.2. The molecule has 0 saturated carbocycles. The molecule has 0 spiro atoms. The molecule has 0 radical (unpaired) electrons. The van der Waals surface area contributed by atoms with Crippen LogP contribution in [0.3, 0.4) is 0 Å². The van der Waals surface area contributed by atoms with Gasteiger partial charge >= 0.3 is 0 Å². The van der Waals surface area contributed by atoms with Crippen LogP contribution in [0, 0.1) is 10.1 Å². The van der Waals surface area contributed by atoms with Crippen LogP contribution in [-0.2, 0) is 6.42 Å². The second kappa shape index (κ2) is 4.87. The minimum absolute atomic E-state index is 0.00907. The molecule has 0 saturated heterocycles. The quantitative estimate of drug-likeness (QED) is 0.641. The number of aromatic hydroxyl groups is 1. The maximum absolute atomic E-state index is 10.5. The standard InChI is InChI=1S/C12H13N3O3/c1-2-3-10-12(16)14-11(13-10)8-4-6-9(7-5-8)15(17)18/h4-7,16H,2-3H2,1H3,(H,13,14). The molecule has 0 aliphatic carbocycles. The number of nitro benzene ring substituents is 1. The first-order valence-corrected chi connectivity index (χ1v) is 5.64. The third-order valence-electron chi connectivity index (χ3n) is 2.61. The minimum atomic E-state index is -0.452. The monoisotopic (exact) mass is 247 g/mol. The van der Waals surface area contributed by atoms with E-state index in [1.165, 1.54) is 12.1 Å². The van der Waals surface area contributed by atoms with Crippen LogP contribution in [0.25, 0.3) is 11.4 Å². The predicted molar refractivity (Wildman–Crippen MR) is 66.3 cm³/mol. The van der Waals surface area contributed by atoms with Crippen LogP contribution in [0.5, 0.6) is 5.88 Å². The molecule has 0 unspecified atom stereocenters. The van der Waals surface area contributed by atoms with Crippen molar-refractivity contribution in [3.8, 4) is 17.3 Å². The number of rotatable bonds is 4. The lowest BCUT2D eigenvalue weighted by molar-refractivity contribution is -0.384. The van der Waals surface area contributed by atoms with Crippen molar-refractivity contribution in [2.75, 3.05) is 0 Å². The van der Waals surface area contributed by atoms with E-state index in [1.807, 2.05) is 6.92 Å². The lowest BCUT2D eigenvalue weighted by Gasteiger charge is -1.96. The van der Waals surface area contributed by atoms with E-state index in [4.69, 9.17) is 0 Å². The van der Waals surface area contributed by atoms with Crippen molar-refractivity contribution in [1.29, 1.82) is 0 Å². The molecule has 0 amide bonds. The topological polar surface area (TPSA) is 92.0 Å². The molecular weight excluding hydrogens is 234 g/mol. The lowest BCUT2D eigenvalue weighted by Crippen LogP contribution is -1.88. The molecule has 1 aromatic carbocycles. The number of nitrogens with zero attached hydrogens (tertiary/aromatic N) is 2. The van der Waals surface area contributed by atoms with E-state index >= 15 is 0 Å². The van der Waals surface area contributed by atoms with Crippen LogP contribution in [0.1, 0.15) is 19.0 Å². The van der Waals surface area contributed by atoms with Gasteiger partial charge in [-0.15, -0.1) is 0 Å². The van der Waals surface area contributed by atoms with E-state index < -0.39 is 4.92 Å². The Morgan fingerprint density at radius 3 is 2.61 bits per heavy atom. The van der Waals surface area contributed by atoms with E-state index in [2.05, 4.69) is 9.97 Å². The molecule has 18 heavy (non-hydrogen) atoms. The third kappa shape index (κ3) is 2.32. The van der Waals surface area contributed by atoms with Gasteiger partial charge in [0.2, 0.25) is 5.88 Å². The fourth-order valence-corrected chi connectivity index (χ4v) is 1.70. The number of hydrogen-bond donors (Lipinski definition) is 2. The Bertz CT molecular complexity index is 560. The van der Waals surface area contributed by atoms with Crippen molar-refractivity contribution in [2.45, 2.75) is 19.8 Å². The number of hydrogen-bond acceptors (Lipinski definition) is 4. The van der Waals surface area contributed by atoms with Crippen molar-refractivity contribution in [1.82, 2.24) is 9.97 Å². The van der Waals surface area contributed by atoms with Gasteiger partial charge < -0.3 is 10.1 Å². The number of aromatic amines is 1. The number of nitrogens with one attached hydrogen (secondary N) is 1. The summed E-state index contributed by atoms with van der Waals surface area (Å²) in [7, 11) is 0. The van der Waals surface area contributed by atoms with Crippen LogP contribution in [0.4, 0.5) is 5.69 Å². The van der Waals surface area contributed by atoms with E-state index in [0.717, 1.165) is 6.42 Å². The Labute approximate surface area is 103 Å². The van der Waals surface area contributed by atoms with E-state index in [9.17, 15) is 15.2 Å². The Kier molecular flexibility index (Phi) is 3.27. The largest absolute Gasteiger partial charge is 0.492 e. The highest BCUT2D eigenvalue weighted by atomic mass is 16.6. The molecule has 94 valence electrons. The summed E-state index contributed by atoms with van der Waals surface area (Å²) >= 11 is 0. The molecule has 2 rings (SSSR count). The Morgan fingerprint density at radius 1 is 1.39 bits per heavy atom. The molecular formula is C12H13N3O3. The molecule has 2 N–H and O–H groups in total. The molecule has 0 fully saturated rings. The van der Waals surface area contributed by atoms with E-state index in [1.54, 1.807) is 12.1 Å². The van der Waals surface area contributed by atoms with Gasteiger partial charge in [0, 0.05) is 17.7 Å². The van der Waals surface area contributed by atoms with Crippen molar-refractivity contribution in [3.63, 3.8) is 0 Å². The van der Waals surface area contributed by atoms with Crippen LogP contribution < -0.4 is 0 Å². The zero-order chi connectivity index (χ0) is 13.1. The number of aryl methyl sites for hydroxylation is 1. The second-order valence-corrected chi connectivity index (χ2v) is 3.94. The summed E-state index contributed by atoms with van der Waals surface area (Å²) in [6.45, 7) is 2.01. The molecule has 6 nitrogen and oxygen atoms in total. The summed E-state index contributed by atoms with van der Waals surface area (Å²) < 4.78 is 0. The number of aromatic nitrogens is 2. The second-order valence-electron chi connectivity index (χ2n) is 3.94. The molecule has 6 heteroatoms. The first-order chi connectivity index (χ1) is 8.61. The number of nitro groups is 1. The van der Waals surface area contributed by atoms with Gasteiger partial charge in [-0.05, 0) is 18.6 Å². The number of benzene rings is 1. The van der Waals surface area contributed by atoms with Crippen molar-refractivity contribution < 1.29 is 10.0 Å². The third-order valence-corrected chi connectivity index (χ3v) is 2.61. The average Bonchev–Trinajstić information content (AvgIpc) is 2.72. The Hall–Kier alpha value is -2.37.